The topological polar surface area (TPSA) is 75.7 Å². The minimum absolute atomic E-state index is 0.0205. The largest absolute Gasteiger partial charge is 0.454 e. The molecule has 2 saturated heterocycles. The second-order valence-corrected chi connectivity index (χ2v) is 9.75. The number of fused-ring (bicyclic) bond motifs is 1. The highest BCUT2D eigenvalue weighted by Gasteiger charge is 2.53. The van der Waals surface area contributed by atoms with Gasteiger partial charge in [0, 0.05) is 17.9 Å². The molecule has 0 bridgehead atoms. The third-order valence-electron chi connectivity index (χ3n) is 5.10. The van der Waals surface area contributed by atoms with Gasteiger partial charge in [0.1, 0.15) is 6.04 Å². The minimum Gasteiger partial charge on any atom is -0.454 e. The highest BCUT2D eigenvalue weighted by Crippen LogP contribution is 2.47. The summed E-state index contributed by atoms with van der Waals surface area (Å²) in [4.78, 5) is 37.9. The van der Waals surface area contributed by atoms with Crippen LogP contribution in [-0.4, -0.2) is 46.0 Å². The predicted octanol–water partition coefficient (Wildman–Crippen LogP) is 2.92. The number of hydrogen-bond acceptors (Lipinski definition) is 5. The van der Waals surface area contributed by atoms with Crippen LogP contribution in [0.15, 0.2) is 24.3 Å². The monoisotopic (exact) mass is 390 g/mol. The van der Waals surface area contributed by atoms with Gasteiger partial charge in [0.25, 0.3) is 5.91 Å². The molecule has 2 atom stereocenters. The summed E-state index contributed by atoms with van der Waals surface area (Å²) in [7, 11) is 0. The lowest BCUT2D eigenvalue weighted by molar-refractivity contribution is -0.155. The lowest BCUT2D eigenvalue weighted by atomic mass is 9.87. The van der Waals surface area contributed by atoms with Crippen molar-refractivity contribution in [3.05, 3.63) is 29.8 Å². The lowest BCUT2D eigenvalue weighted by Gasteiger charge is -2.29. The van der Waals surface area contributed by atoms with E-state index >= 15 is 0 Å². The smallest absolute Gasteiger partial charge is 0.330 e. The van der Waals surface area contributed by atoms with Crippen molar-refractivity contribution >= 4 is 35.2 Å². The van der Waals surface area contributed by atoms with Gasteiger partial charge in [-0.2, -0.15) is 0 Å². The van der Waals surface area contributed by atoms with Crippen LogP contribution >= 0.6 is 11.8 Å². The molecule has 146 valence electrons. The summed E-state index contributed by atoms with van der Waals surface area (Å²) in [6.45, 7) is 7.98. The van der Waals surface area contributed by atoms with E-state index in [1.807, 2.05) is 31.2 Å². The first-order chi connectivity index (χ1) is 12.6. The molecular weight excluding hydrogens is 364 g/mol. The number of esters is 1. The van der Waals surface area contributed by atoms with Crippen LogP contribution in [0.3, 0.4) is 0 Å². The van der Waals surface area contributed by atoms with Gasteiger partial charge >= 0.3 is 5.97 Å². The molecular formula is C20H26N2O4S. The van der Waals surface area contributed by atoms with Crippen LogP contribution in [0.4, 0.5) is 5.69 Å². The number of anilines is 1. The Morgan fingerprint density at radius 1 is 1.30 bits per heavy atom. The number of rotatable bonds is 4. The molecule has 2 aliphatic heterocycles. The molecule has 2 aliphatic rings. The summed E-state index contributed by atoms with van der Waals surface area (Å²) in [5.41, 5.74) is 1.87. The number of nitrogens with zero attached hydrogens (tertiary/aromatic N) is 1. The van der Waals surface area contributed by atoms with Crippen molar-refractivity contribution < 1.29 is 19.1 Å². The maximum Gasteiger partial charge on any atom is 0.330 e. The number of amides is 2. The Labute approximate surface area is 164 Å². The molecule has 0 spiro atoms. The molecule has 0 radical (unpaired) electrons. The lowest BCUT2D eigenvalue weighted by Crippen LogP contribution is -2.47. The molecule has 1 aromatic rings. The maximum absolute atomic E-state index is 12.4. The van der Waals surface area contributed by atoms with E-state index < -0.39 is 17.9 Å². The fourth-order valence-electron chi connectivity index (χ4n) is 3.48. The van der Waals surface area contributed by atoms with Crippen LogP contribution in [0.25, 0.3) is 0 Å². The fraction of sp³-hybridized carbons (Fsp3) is 0.550. The second-order valence-electron chi connectivity index (χ2n) is 8.25. The van der Waals surface area contributed by atoms with Crippen molar-refractivity contribution in [3.8, 4) is 0 Å². The number of thioether (sulfide) groups is 1. The van der Waals surface area contributed by atoms with E-state index in [0.717, 1.165) is 6.42 Å². The zero-order chi connectivity index (χ0) is 19.8. The van der Waals surface area contributed by atoms with Crippen LogP contribution in [0.1, 0.15) is 46.1 Å². The molecule has 6 nitrogen and oxygen atoms in total. The summed E-state index contributed by atoms with van der Waals surface area (Å²) in [6.07, 6.45) is 1.20. The number of carbonyl (C=O) groups is 3. The summed E-state index contributed by atoms with van der Waals surface area (Å²) in [6, 6.07) is 7.01. The van der Waals surface area contributed by atoms with E-state index in [0.29, 0.717) is 17.9 Å². The molecule has 7 heteroatoms. The van der Waals surface area contributed by atoms with Gasteiger partial charge in [-0.15, -0.1) is 11.8 Å². The third-order valence-corrected chi connectivity index (χ3v) is 6.60. The standard InChI is InChI=1S/C20H26N2O4S/c1-19(2,3)13-5-7-14(8-6-13)21-16(23)11-26-18(25)15-12-27-20(4)10-9-17(24)22(15)20/h5-8,15H,9-12H2,1-4H3,(H,21,23)/t15-,20-/m1/s1. The molecule has 2 heterocycles. The van der Waals surface area contributed by atoms with Crippen molar-refractivity contribution in [2.75, 3.05) is 17.7 Å². The van der Waals surface area contributed by atoms with Gasteiger partial charge < -0.3 is 15.0 Å². The van der Waals surface area contributed by atoms with Crippen molar-refractivity contribution in [2.45, 2.75) is 56.9 Å². The molecule has 1 aromatic carbocycles. The van der Waals surface area contributed by atoms with Gasteiger partial charge in [0.2, 0.25) is 5.91 Å². The maximum atomic E-state index is 12.4. The second kappa shape index (κ2) is 7.19. The Morgan fingerprint density at radius 3 is 2.59 bits per heavy atom. The Kier molecular flexibility index (Phi) is 5.25. The molecule has 0 aromatic heterocycles. The first-order valence-corrected chi connectivity index (χ1v) is 10.1. The van der Waals surface area contributed by atoms with Gasteiger partial charge in [-0.1, -0.05) is 32.9 Å². The fourth-order valence-corrected chi connectivity index (χ4v) is 4.90. The summed E-state index contributed by atoms with van der Waals surface area (Å²) in [5, 5.41) is 2.73. The van der Waals surface area contributed by atoms with Gasteiger partial charge in [-0.25, -0.2) is 4.79 Å². The van der Waals surface area contributed by atoms with Crippen LogP contribution in [0.2, 0.25) is 0 Å². The Balaban J connectivity index is 1.52. The van der Waals surface area contributed by atoms with Crippen LogP contribution in [0, 0.1) is 0 Å². The van der Waals surface area contributed by atoms with Gasteiger partial charge in [-0.05, 0) is 36.5 Å². The van der Waals surface area contributed by atoms with E-state index in [2.05, 4.69) is 26.1 Å². The molecule has 27 heavy (non-hydrogen) atoms. The van der Waals surface area contributed by atoms with E-state index in [1.165, 1.54) is 5.56 Å². The first-order valence-electron chi connectivity index (χ1n) is 9.13. The van der Waals surface area contributed by atoms with E-state index in [4.69, 9.17) is 4.74 Å². The number of benzene rings is 1. The Morgan fingerprint density at radius 2 is 1.96 bits per heavy atom. The molecule has 1 N–H and O–H groups in total. The zero-order valence-electron chi connectivity index (χ0n) is 16.2. The van der Waals surface area contributed by atoms with Gasteiger partial charge in [0.05, 0.1) is 4.87 Å². The average molecular weight is 391 g/mol. The molecule has 0 unspecified atom stereocenters. The summed E-state index contributed by atoms with van der Waals surface area (Å²) >= 11 is 1.60. The zero-order valence-corrected chi connectivity index (χ0v) is 17.0. The van der Waals surface area contributed by atoms with E-state index in [-0.39, 0.29) is 22.8 Å². The molecule has 2 fully saturated rings. The molecule has 0 aliphatic carbocycles. The van der Waals surface area contributed by atoms with Gasteiger partial charge in [0.15, 0.2) is 6.61 Å². The van der Waals surface area contributed by atoms with E-state index in [1.54, 1.807) is 16.7 Å². The van der Waals surface area contributed by atoms with Crippen molar-refractivity contribution in [2.24, 2.45) is 0 Å². The van der Waals surface area contributed by atoms with Crippen molar-refractivity contribution in [1.82, 2.24) is 4.90 Å². The SMILES string of the molecule is CC(C)(C)c1ccc(NC(=O)COC(=O)[C@H]2CS[C@]3(C)CCC(=O)N23)cc1. The highest BCUT2D eigenvalue weighted by atomic mass is 32.2. The van der Waals surface area contributed by atoms with Crippen molar-refractivity contribution in [3.63, 3.8) is 0 Å². The Hall–Kier alpha value is -2.02. The number of ether oxygens (including phenoxy) is 1. The summed E-state index contributed by atoms with van der Waals surface area (Å²) < 4.78 is 5.18. The van der Waals surface area contributed by atoms with Crippen LogP contribution in [-0.2, 0) is 24.5 Å². The van der Waals surface area contributed by atoms with Gasteiger partial charge in [-0.3, -0.25) is 9.59 Å². The van der Waals surface area contributed by atoms with Crippen LogP contribution < -0.4 is 5.32 Å². The number of carbonyl (C=O) groups excluding carboxylic acids is 3. The summed E-state index contributed by atoms with van der Waals surface area (Å²) in [5.74, 6) is -0.419. The average Bonchev–Trinajstić information content (AvgIpc) is 3.09. The first kappa shape index (κ1) is 19.7. The number of nitrogens with one attached hydrogen (secondary N) is 1. The van der Waals surface area contributed by atoms with E-state index in [9.17, 15) is 14.4 Å². The normalized spacial score (nSPS) is 24.7. The quantitative estimate of drug-likeness (QED) is 0.800. The molecule has 0 saturated carbocycles. The minimum atomic E-state index is -0.603. The van der Waals surface area contributed by atoms with Crippen LogP contribution in [0.5, 0.6) is 0 Å². The third kappa shape index (κ3) is 4.13. The molecule has 2 amide bonds. The van der Waals surface area contributed by atoms with Crippen molar-refractivity contribution in [1.29, 1.82) is 0 Å². The Bertz CT molecular complexity index is 756. The molecule has 3 rings (SSSR count). The number of hydrogen-bond donors (Lipinski definition) is 1. The predicted molar refractivity (Wildman–Crippen MR) is 105 cm³/mol. The highest BCUT2D eigenvalue weighted by molar-refractivity contribution is 8.01.